The zero-order valence-corrected chi connectivity index (χ0v) is 10.7. The van der Waals surface area contributed by atoms with Gasteiger partial charge in [-0.15, -0.1) is 0 Å². The minimum atomic E-state index is -0.700. The Morgan fingerprint density at radius 3 is 2.00 bits per heavy atom. The van der Waals surface area contributed by atoms with E-state index in [2.05, 4.69) is 55.0 Å². The predicted molar refractivity (Wildman–Crippen MR) is 66.2 cm³/mol. The van der Waals surface area contributed by atoms with Crippen molar-refractivity contribution in [3.05, 3.63) is 30.3 Å². The highest BCUT2D eigenvalue weighted by Gasteiger charge is 2.21. The summed E-state index contributed by atoms with van der Waals surface area (Å²) in [5.41, 5.74) is 1.41. The number of anilines is 1. The summed E-state index contributed by atoms with van der Waals surface area (Å²) in [6, 6.07) is 10.8. The Kier molecular flexibility index (Phi) is 5.08. The fourth-order valence-electron chi connectivity index (χ4n) is 2.00. The van der Waals surface area contributed by atoms with Crippen molar-refractivity contribution in [2.45, 2.75) is 31.3 Å². The first-order chi connectivity index (χ1) is 6.83. The molecular formula is C12H20AlN. The van der Waals surface area contributed by atoms with E-state index < -0.39 is 14.4 Å². The van der Waals surface area contributed by atoms with Gasteiger partial charge in [0.25, 0.3) is 0 Å². The molecule has 14 heavy (non-hydrogen) atoms. The number of benzene rings is 1. The van der Waals surface area contributed by atoms with Crippen LogP contribution >= 0.6 is 0 Å². The molecule has 0 radical (unpaired) electrons. The van der Waals surface area contributed by atoms with Crippen LogP contribution in [0.5, 0.6) is 0 Å². The van der Waals surface area contributed by atoms with E-state index in [-0.39, 0.29) is 0 Å². The Bertz CT molecular complexity index is 244. The number of hydrogen-bond acceptors (Lipinski definition) is 1. The smallest absolute Gasteiger partial charge is 0.413 e. The summed E-state index contributed by atoms with van der Waals surface area (Å²) in [7, 11) is 0. The molecule has 0 saturated heterocycles. The molecule has 1 rings (SSSR count). The van der Waals surface area contributed by atoms with Gasteiger partial charge in [-0.2, -0.15) is 0 Å². The SMILES string of the molecule is CC[N](c1ccccc1)[Al]([CH2]C)[CH2]C. The summed E-state index contributed by atoms with van der Waals surface area (Å²) in [6.45, 7) is 8.07. The lowest BCUT2D eigenvalue weighted by molar-refractivity contribution is 1.04. The summed E-state index contributed by atoms with van der Waals surface area (Å²) in [5, 5.41) is 2.72. The van der Waals surface area contributed by atoms with Gasteiger partial charge in [0.2, 0.25) is 0 Å². The van der Waals surface area contributed by atoms with Gasteiger partial charge in [0.1, 0.15) is 0 Å². The largest absolute Gasteiger partial charge is 0.463 e. The summed E-state index contributed by atoms with van der Waals surface area (Å²) < 4.78 is 2.62. The van der Waals surface area contributed by atoms with Crippen molar-refractivity contribution >= 4 is 20.1 Å². The second-order valence-corrected chi connectivity index (χ2v) is 7.16. The second kappa shape index (κ2) is 6.11. The molecule has 0 aliphatic carbocycles. The van der Waals surface area contributed by atoms with Gasteiger partial charge in [-0.25, -0.2) is 0 Å². The maximum atomic E-state index is 2.62. The fourth-order valence-corrected chi connectivity index (χ4v) is 4.57. The molecule has 0 unspecified atom stereocenters. The standard InChI is InChI=1S/C8H10N.2C2H5.Al/c1-2-9-8-6-4-3-5-7-8;2*1-2;/h3-7H,2H2,1H3;2*1H2,2H3;/q-1;;;+1. The third kappa shape index (κ3) is 2.77. The third-order valence-electron chi connectivity index (χ3n) is 2.81. The second-order valence-electron chi connectivity index (χ2n) is 3.59. The normalized spacial score (nSPS) is 9.93. The van der Waals surface area contributed by atoms with Crippen LogP contribution < -0.4 is 3.88 Å². The van der Waals surface area contributed by atoms with Gasteiger partial charge in [-0.1, -0.05) is 42.6 Å². The average molecular weight is 205 g/mol. The molecule has 2 heteroatoms. The van der Waals surface area contributed by atoms with E-state index in [9.17, 15) is 0 Å². The lowest BCUT2D eigenvalue weighted by Crippen LogP contribution is -2.38. The molecule has 1 aromatic carbocycles. The van der Waals surface area contributed by atoms with Gasteiger partial charge in [-0.3, -0.25) is 0 Å². The minimum Gasteiger partial charge on any atom is -0.463 e. The highest BCUT2D eigenvalue weighted by atomic mass is 27.2. The van der Waals surface area contributed by atoms with E-state index in [1.807, 2.05) is 0 Å². The monoisotopic (exact) mass is 205 g/mol. The molecule has 0 bridgehead atoms. The van der Waals surface area contributed by atoms with Crippen LogP contribution in [0.1, 0.15) is 20.8 Å². The van der Waals surface area contributed by atoms with Crippen molar-refractivity contribution < 1.29 is 0 Å². The van der Waals surface area contributed by atoms with Crippen molar-refractivity contribution in [1.82, 2.24) is 0 Å². The summed E-state index contributed by atoms with van der Waals surface area (Å²) >= 11 is -0.700. The molecule has 0 N–H and O–H groups in total. The van der Waals surface area contributed by atoms with E-state index in [1.54, 1.807) is 0 Å². The number of hydrogen-bond donors (Lipinski definition) is 0. The van der Waals surface area contributed by atoms with E-state index >= 15 is 0 Å². The third-order valence-corrected chi connectivity index (χ3v) is 6.24. The van der Waals surface area contributed by atoms with Gasteiger partial charge >= 0.3 is 14.4 Å². The quantitative estimate of drug-likeness (QED) is 0.664. The zero-order valence-electron chi connectivity index (χ0n) is 9.53. The van der Waals surface area contributed by atoms with Crippen LogP contribution in [-0.4, -0.2) is 20.9 Å². The van der Waals surface area contributed by atoms with Crippen LogP contribution in [0.15, 0.2) is 30.3 Å². The summed E-state index contributed by atoms with van der Waals surface area (Å²) in [4.78, 5) is 0. The van der Waals surface area contributed by atoms with Gasteiger partial charge < -0.3 is 3.88 Å². The fraction of sp³-hybridized carbons (Fsp3) is 0.500. The van der Waals surface area contributed by atoms with Crippen molar-refractivity contribution in [2.75, 3.05) is 10.4 Å². The van der Waals surface area contributed by atoms with E-state index in [0.717, 1.165) is 6.54 Å². The van der Waals surface area contributed by atoms with Crippen LogP contribution in [0.25, 0.3) is 0 Å². The van der Waals surface area contributed by atoms with Crippen LogP contribution in [0.2, 0.25) is 10.6 Å². The summed E-state index contributed by atoms with van der Waals surface area (Å²) in [5.74, 6) is 0. The predicted octanol–water partition coefficient (Wildman–Crippen LogP) is 3.54. The van der Waals surface area contributed by atoms with Gasteiger partial charge in [-0.05, 0) is 25.6 Å². The molecule has 0 spiro atoms. The van der Waals surface area contributed by atoms with E-state index in [0.29, 0.717) is 0 Å². The lowest BCUT2D eigenvalue weighted by Gasteiger charge is -2.28. The van der Waals surface area contributed by atoms with Crippen LogP contribution in [-0.2, 0) is 0 Å². The molecule has 0 heterocycles. The van der Waals surface area contributed by atoms with Crippen molar-refractivity contribution in [3.8, 4) is 0 Å². The van der Waals surface area contributed by atoms with Crippen LogP contribution in [0, 0.1) is 0 Å². The van der Waals surface area contributed by atoms with Crippen LogP contribution in [0.3, 0.4) is 0 Å². The highest BCUT2D eigenvalue weighted by Crippen LogP contribution is 2.17. The van der Waals surface area contributed by atoms with Crippen molar-refractivity contribution in [3.63, 3.8) is 0 Å². The first-order valence-corrected chi connectivity index (χ1v) is 7.80. The number of nitrogens with zero attached hydrogens (tertiary/aromatic N) is 1. The topological polar surface area (TPSA) is 3.24 Å². The Hall–Kier alpha value is -0.448. The summed E-state index contributed by atoms with van der Waals surface area (Å²) in [6.07, 6.45) is 0. The molecule has 0 aliphatic heterocycles. The minimum absolute atomic E-state index is 0.700. The Morgan fingerprint density at radius 1 is 1.00 bits per heavy atom. The molecule has 0 amide bonds. The molecule has 76 valence electrons. The molecule has 0 aromatic heterocycles. The molecule has 1 nitrogen and oxygen atoms in total. The first kappa shape index (κ1) is 11.6. The van der Waals surface area contributed by atoms with Crippen molar-refractivity contribution in [1.29, 1.82) is 0 Å². The molecule has 0 saturated carbocycles. The number of rotatable bonds is 5. The first-order valence-electron chi connectivity index (χ1n) is 5.65. The Morgan fingerprint density at radius 2 is 1.57 bits per heavy atom. The maximum Gasteiger partial charge on any atom is 0.413 e. The molecule has 0 aliphatic rings. The van der Waals surface area contributed by atoms with Crippen LogP contribution in [0.4, 0.5) is 5.69 Å². The lowest BCUT2D eigenvalue weighted by atomic mass is 10.3. The molecule has 0 atom stereocenters. The van der Waals surface area contributed by atoms with E-state index in [1.165, 1.54) is 16.3 Å². The average Bonchev–Trinajstić information content (AvgIpc) is 2.27. The highest BCUT2D eigenvalue weighted by molar-refractivity contribution is 6.63. The zero-order chi connectivity index (χ0) is 10.4. The van der Waals surface area contributed by atoms with Gasteiger partial charge in [0, 0.05) is 5.69 Å². The molecule has 1 aromatic rings. The maximum absolute atomic E-state index is 2.62. The number of para-hydroxylation sites is 1. The van der Waals surface area contributed by atoms with Gasteiger partial charge in [0.15, 0.2) is 0 Å². The van der Waals surface area contributed by atoms with Crippen molar-refractivity contribution in [2.24, 2.45) is 0 Å². The Labute approximate surface area is 92.3 Å². The molecular weight excluding hydrogens is 185 g/mol. The van der Waals surface area contributed by atoms with Gasteiger partial charge in [0.05, 0.1) is 0 Å². The Balaban J connectivity index is 2.81. The van der Waals surface area contributed by atoms with E-state index in [4.69, 9.17) is 0 Å². The molecule has 0 fully saturated rings.